The lowest BCUT2D eigenvalue weighted by atomic mass is 9.94. The molecule has 0 aliphatic carbocycles. The second-order valence-corrected chi connectivity index (χ2v) is 18.4. The molecule has 0 amide bonds. The van der Waals surface area contributed by atoms with Gasteiger partial charge in [-0.1, -0.05) is 146 Å². The normalized spacial score (nSPS) is 11.9. The summed E-state index contributed by atoms with van der Waals surface area (Å²) in [5.74, 6) is 0. The second kappa shape index (κ2) is 15.5. The van der Waals surface area contributed by atoms with Gasteiger partial charge in [0.05, 0.1) is 90.7 Å². The molecule has 0 fully saturated rings. The van der Waals surface area contributed by atoms with Crippen molar-refractivity contribution in [2.45, 2.75) is 0 Å². The Morgan fingerprint density at radius 3 is 0.778 bits per heavy atom. The van der Waals surface area contributed by atoms with E-state index in [9.17, 15) is 5.26 Å². The van der Waals surface area contributed by atoms with Crippen LogP contribution in [0.2, 0.25) is 0 Å². The molecule has 15 rings (SSSR count). The van der Waals surface area contributed by atoms with Gasteiger partial charge in [0.25, 0.3) is 0 Å². The van der Waals surface area contributed by atoms with E-state index in [1.807, 2.05) is 12.4 Å². The minimum absolute atomic E-state index is 0.502. The molecule has 0 saturated carbocycles. The van der Waals surface area contributed by atoms with Crippen molar-refractivity contribution in [1.29, 1.82) is 5.26 Å². The predicted octanol–water partition coefficient (Wildman–Crippen LogP) is 16.1. The van der Waals surface area contributed by atoms with Gasteiger partial charge in [0, 0.05) is 54.2 Å². The number of pyridine rings is 2. The monoisotopic (exact) mass is 917 g/mol. The summed E-state index contributed by atoms with van der Waals surface area (Å²) in [7, 11) is 0. The number of para-hydroxylation sites is 8. The average Bonchev–Trinajstić information content (AvgIpc) is 4.18. The quantitative estimate of drug-likeness (QED) is 0.167. The van der Waals surface area contributed by atoms with Crippen molar-refractivity contribution < 1.29 is 0 Å². The first kappa shape index (κ1) is 39.9. The largest absolute Gasteiger partial charge is 0.308 e. The first-order chi connectivity index (χ1) is 35.7. The maximum absolute atomic E-state index is 12.1. The van der Waals surface area contributed by atoms with Crippen LogP contribution in [0.15, 0.2) is 237 Å². The van der Waals surface area contributed by atoms with Crippen molar-refractivity contribution >= 4 is 87.2 Å². The molecule has 0 unspecified atom stereocenters. The average molecular weight is 918 g/mol. The molecule has 7 nitrogen and oxygen atoms in total. The maximum Gasteiger partial charge on any atom is 0.104 e. The standard InChI is InChI=1S/C65H39N7/c66-38-53-64(71-60-29-13-5-21-47(60)48-22-6-14-30-61(48)71)51(54-35-33-41(39-67-54)69-56-25-9-1-17-43(56)44-18-2-10-26-57(44)69)37-52(65(53)72-62-31-15-7-23-49(62)50-24-8-16-32-63(50)72)55-36-34-42(40-68-55)70-58-27-11-3-19-45(58)46-20-4-12-28-59(46)70/h1-37,39-40H. The fourth-order valence-corrected chi connectivity index (χ4v) is 11.7. The van der Waals surface area contributed by atoms with Crippen molar-refractivity contribution in [2.24, 2.45) is 0 Å². The van der Waals surface area contributed by atoms with Crippen LogP contribution in [0.1, 0.15) is 5.56 Å². The number of hydrogen-bond acceptors (Lipinski definition) is 3. The molecule has 0 atom stereocenters. The zero-order valence-corrected chi connectivity index (χ0v) is 38.6. The number of fused-ring (bicyclic) bond motifs is 12. The fraction of sp³-hybridized carbons (Fsp3) is 0. The Hall–Kier alpha value is -10.0. The van der Waals surface area contributed by atoms with E-state index >= 15 is 0 Å². The Bertz CT molecular complexity index is 4240. The van der Waals surface area contributed by atoms with E-state index in [1.165, 1.54) is 21.5 Å². The van der Waals surface area contributed by atoms with Crippen LogP contribution in [0.3, 0.4) is 0 Å². The number of nitrogens with zero attached hydrogens (tertiary/aromatic N) is 7. The predicted molar refractivity (Wildman–Crippen MR) is 295 cm³/mol. The lowest BCUT2D eigenvalue weighted by Crippen LogP contribution is -2.09. The van der Waals surface area contributed by atoms with E-state index in [0.29, 0.717) is 5.56 Å². The smallest absolute Gasteiger partial charge is 0.104 e. The summed E-state index contributed by atoms with van der Waals surface area (Å²) in [5, 5.41) is 21.3. The third kappa shape index (κ3) is 5.66. The first-order valence-corrected chi connectivity index (χ1v) is 24.2. The summed E-state index contributed by atoms with van der Waals surface area (Å²) in [6.07, 6.45) is 3.93. The Labute approximate surface area is 412 Å². The van der Waals surface area contributed by atoms with Gasteiger partial charge in [0.15, 0.2) is 0 Å². The van der Waals surface area contributed by atoms with E-state index < -0.39 is 0 Å². The molecule has 7 heteroatoms. The van der Waals surface area contributed by atoms with Crippen LogP contribution in [-0.4, -0.2) is 28.2 Å². The Morgan fingerprint density at radius 2 is 0.542 bits per heavy atom. The number of hydrogen-bond donors (Lipinski definition) is 0. The Morgan fingerprint density at radius 1 is 0.292 bits per heavy atom. The van der Waals surface area contributed by atoms with Gasteiger partial charge in [-0.3, -0.25) is 9.97 Å². The van der Waals surface area contributed by atoms with E-state index in [1.54, 1.807) is 0 Å². The van der Waals surface area contributed by atoms with Crippen molar-refractivity contribution in [1.82, 2.24) is 28.2 Å². The van der Waals surface area contributed by atoms with Crippen LogP contribution in [0.25, 0.3) is 132 Å². The highest BCUT2D eigenvalue weighted by Gasteiger charge is 2.29. The van der Waals surface area contributed by atoms with E-state index in [-0.39, 0.29) is 0 Å². The lowest BCUT2D eigenvalue weighted by Gasteiger charge is -2.23. The van der Waals surface area contributed by atoms with Crippen molar-refractivity contribution in [3.05, 3.63) is 242 Å². The molecule has 334 valence electrons. The number of nitriles is 1. The highest BCUT2D eigenvalue weighted by molar-refractivity contribution is 6.14. The number of aromatic nitrogens is 6. The van der Waals surface area contributed by atoms with E-state index in [2.05, 4.69) is 249 Å². The summed E-state index contributed by atoms with van der Waals surface area (Å²) >= 11 is 0. The van der Waals surface area contributed by atoms with Crippen LogP contribution >= 0.6 is 0 Å². The molecule has 15 aromatic rings. The highest BCUT2D eigenvalue weighted by Crippen LogP contribution is 2.46. The molecule has 6 aromatic heterocycles. The van der Waals surface area contributed by atoms with Gasteiger partial charge in [-0.2, -0.15) is 5.26 Å². The van der Waals surface area contributed by atoms with Crippen LogP contribution in [0.5, 0.6) is 0 Å². The molecule has 0 aliphatic heterocycles. The van der Waals surface area contributed by atoms with Crippen LogP contribution in [0.4, 0.5) is 0 Å². The van der Waals surface area contributed by atoms with Gasteiger partial charge in [0.2, 0.25) is 0 Å². The molecule has 0 aliphatic rings. The van der Waals surface area contributed by atoms with Gasteiger partial charge >= 0.3 is 0 Å². The van der Waals surface area contributed by atoms with Gasteiger partial charge in [-0.15, -0.1) is 0 Å². The topological polar surface area (TPSA) is 69.3 Å². The zero-order valence-electron chi connectivity index (χ0n) is 38.6. The summed E-state index contributed by atoms with van der Waals surface area (Å²) in [4.78, 5) is 10.8. The van der Waals surface area contributed by atoms with Crippen LogP contribution < -0.4 is 0 Å². The second-order valence-electron chi connectivity index (χ2n) is 18.4. The zero-order chi connectivity index (χ0) is 47.4. The maximum atomic E-state index is 12.1. The number of benzene rings is 9. The highest BCUT2D eigenvalue weighted by atomic mass is 15.0. The summed E-state index contributed by atoms with van der Waals surface area (Å²) in [6, 6.07) is 81.7. The molecule has 0 saturated heterocycles. The first-order valence-electron chi connectivity index (χ1n) is 24.2. The van der Waals surface area contributed by atoms with Gasteiger partial charge in [-0.25, -0.2) is 0 Å². The molecule has 9 aromatic carbocycles. The van der Waals surface area contributed by atoms with Gasteiger partial charge < -0.3 is 18.3 Å². The molecule has 0 bridgehead atoms. The van der Waals surface area contributed by atoms with Crippen molar-refractivity contribution in [2.75, 3.05) is 0 Å². The van der Waals surface area contributed by atoms with E-state index in [4.69, 9.17) is 9.97 Å². The van der Waals surface area contributed by atoms with Gasteiger partial charge in [-0.05, 0) is 78.9 Å². The van der Waals surface area contributed by atoms with Crippen LogP contribution in [0, 0.1) is 11.3 Å². The third-order valence-corrected chi connectivity index (χ3v) is 14.7. The summed E-state index contributed by atoms with van der Waals surface area (Å²) in [5.41, 5.74) is 15.4. The minimum atomic E-state index is 0.502. The molecule has 72 heavy (non-hydrogen) atoms. The minimum Gasteiger partial charge on any atom is -0.308 e. The third-order valence-electron chi connectivity index (χ3n) is 14.7. The van der Waals surface area contributed by atoms with Crippen molar-refractivity contribution in [3.63, 3.8) is 0 Å². The SMILES string of the molecule is N#Cc1c(-n2c3ccccc3c3ccccc32)c(-c2ccc(-n3c4ccccc4c4ccccc43)cn2)cc(-c2ccc(-n3c4ccccc4c4ccccc43)cn2)c1-n1c2ccccc2c2ccccc21. The Kier molecular flexibility index (Phi) is 8.59. The molecule has 6 heterocycles. The molecular weight excluding hydrogens is 879 g/mol. The lowest BCUT2D eigenvalue weighted by molar-refractivity contribution is 1.10. The summed E-state index contributed by atoms with van der Waals surface area (Å²) < 4.78 is 9.13. The van der Waals surface area contributed by atoms with Gasteiger partial charge in [0.1, 0.15) is 11.6 Å². The molecule has 0 N–H and O–H groups in total. The molecular formula is C65H39N7. The Balaban J connectivity index is 1.05. The van der Waals surface area contributed by atoms with E-state index in [0.717, 1.165) is 111 Å². The van der Waals surface area contributed by atoms with Crippen LogP contribution in [-0.2, 0) is 0 Å². The molecule has 0 radical (unpaired) electrons. The van der Waals surface area contributed by atoms with Crippen molar-refractivity contribution in [3.8, 4) is 51.3 Å². The fourth-order valence-electron chi connectivity index (χ4n) is 11.7. The number of rotatable bonds is 6. The summed E-state index contributed by atoms with van der Waals surface area (Å²) in [6.45, 7) is 0. The molecule has 0 spiro atoms.